The molecule has 2 rings (SSSR count). The summed E-state index contributed by atoms with van der Waals surface area (Å²) in [6.45, 7) is 8.62. The first-order valence-corrected chi connectivity index (χ1v) is 8.34. The highest BCUT2D eigenvalue weighted by Gasteiger charge is 2.37. The van der Waals surface area contributed by atoms with Crippen molar-refractivity contribution in [2.24, 2.45) is 0 Å². The maximum Gasteiger partial charge on any atom is 0.323 e. The van der Waals surface area contributed by atoms with E-state index in [1.807, 2.05) is 6.92 Å². The van der Waals surface area contributed by atoms with Gasteiger partial charge in [-0.15, -0.1) is 0 Å². The third kappa shape index (κ3) is 4.94. The van der Waals surface area contributed by atoms with Gasteiger partial charge in [0.15, 0.2) is 0 Å². The van der Waals surface area contributed by atoms with Crippen LogP contribution >= 0.6 is 0 Å². The maximum atomic E-state index is 11.5. The average molecular weight is 297 g/mol. The second kappa shape index (κ2) is 7.07. The van der Waals surface area contributed by atoms with Gasteiger partial charge in [0.25, 0.3) is 0 Å². The third-order valence-corrected chi connectivity index (χ3v) is 4.91. The molecule has 0 aromatic heterocycles. The molecule has 2 atom stereocenters. The predicted octanol–water partition coefficient (Wildman–Crippen LogP) is 1.39. The van der Waals surface area contributed by atoms with Crippen LogP contribution in [0.25, 0.3) is 0 Å². The van der Waals surface area contributed by atoms with E-state index in [1.54, 1.807) is 0 Å². The summed E-state index contributed by atoms with van der Waals surface area (Å²) in [6.07, 6.45) is 5.04. The predicted molar refractivity (Wildman–Crippen MR) is 84.6 cm³/mol. The second-order valence-electron chi connectivity index (χ2n) is 7.16. The fourth-order valence-electron chi connectivity index (χ4n) is 3.22. The van der Waals surface area contributed by atoms with Crippen LogP contribution in [0.4, 0.5) is 0 Å². The lowest BCUT2D eigenvalue weighted by Crippen LogP contribution is -2.51. The summed E-state index contributed by atoms with van der Waals surface area (Å²) in [6, 6.07) is 1.04. The number of carboxylic acids is 1. The van der Waals surface area contributed by atoms with Gasteiger partial charge < -0.3 is 10.0 Å². The fourth-order valence-corrected chi connectivity index (χ4v) is 3.22. The van der Waals surface area contributed by atoms with Crippen LogP contribution in [-0.4, -0.2) is 71.7 Å². The van der Waals surface area contributed by atoms with E-state index in [-0.39, 0.29) is 0 Å². The van der Waals surface area contributed by atoms with Crippen LogP contribution in [0, 0.1) is 0 Å². The zero-order valence-corrected chi connectivity index (χ0v) is 13.8. The van der Waals surface area contributed by atoms with E-state index in [0.717, 1.165) is 58.3 Å². The van der Waals surface area contributed by atoms with Gasteiger partial charge in [0.05, 0.1) is 0 Å². The summed E-state index contributed by atoms with van der Waals surface area (Å²) in [5, 5.41) is 12.7. The summed E-state index contributed by atoms with van der Waals surface area (Å²) in [5.74, 6) is -0.706. The lowest BCUT2D eigenvalue weighted by molar-refractivity contribution is -0.144. The van der Waals surface area contributed by atoms with E-state index in [0.29, 0.717) is 12.1 Å². The number of hydrogen-bond donors (Lipinski definition) is 2. The normalized spacial score (nSPS) is 27.5. The Balaban J connectivity index is 1.69. The SMILES string of the molecule is CC1CN(C)CCN1CCCCC(C)(NC1CC1)C(=O)O. The molecule has 5 nitrogen and oxygen atoms in total. The number of nitrogens with zero attached hydrogens (tertiary/aromatic N) is 2. The topological polar surface area (TPSA) is 55.8 Å². The smallest absolute Gasteiger partial charge is 0.323 e. The molecule has 0 bridgehead atoms. The molecule has 2 N–H and O–H groups in total. The molecule has 2 aliphatic rings. The largest absolute Gasteiger partial charge is 0.480 e. The lowest BCUT2D eigenvalue weighted by atomic mass is 9.94. The Morgan fingerprint density at radius 1 is 1.33 bits per heavy atom. The lowest BCUT2D eigenvalue weighted by Gasteiger charge is -2.38. The van der Waals surface area contributed by atoms with Gasteiger partial charge in [-0.1, -0.05) is 0 Å². The van der Waals surface area contributed by atoms with E-state index in [2.05, 4.69) is 29.1 Å². The average Bonchev–Trinajstić information content (AvgIpc) is 3.20. The van der Waals surface area contributed by atoms with Crippen molar-refractivity contribution in [2.45, 2.75) is 63.6 Å². The van der Waals surface area contributed by atoms with Crippen LogP contribution in [0.3, 0.4) is 0 Å². The van der Waals surface area contributed by atoms with Crippen molar-refractivity contribution in [1.29, 1.82) is 0 Å². The molecule has 0 aromatic rings. The molecule has 0 radical (unpaired) electrons. The number of nitrogens with one attached hydrogen (secondary N) is 1. The Bertz CT molecular complexity index is 359. The monoisotopic (exact) mass is 297 g/mol. The molecule has 21 heavy (non-hydrogen) atoms. The van der Waals surface area contributed by atoms with E-state index in [4.69, 9.17) is 0 Å². The number of aliphatic carboxylic acids is 1. The molecule has 1 saturated carbocycles. The molecule has 1 heterocycles. The highest BCUT2D eigenvalue weighted by molar-refractivity contribution is 5.78. The van der Waals surface area contributed by atoms with Crippen LogP contribution in [0.1, 0.15) is 46.0 Å². The first-order chi connectivity index (χ1) is 9.90. The van der Waals surface area contributed by atoms with Crippen LogP contribution in [-0.2, 0) is 4.79 Å². The first-order valence-electron chi connectivity index (χ1n) is 8.34. The summed E-state index contributed by atoms with van der Waals surface area (Å²) >= 11 is 0. The quantitative estimate of drug-likeness (QED) is 0.663. The Kier molecular flexibility index (Phi) is 5.63. The molecule has 122 valence electrons. The molecule has 2 fully saturated rings. The highest BCUT2D eigenvalue weighted by atomic mass is 16.4. The van der Waals surface area contributed by atoms with E-state index < -0.39 is 11.5 Å². The van der Waals surface area contributed by atoms with Gasteiger partial charge in [0, 0.05) is 31.7 Å². The zero-order valence-electron chi connectivity index (χ0n) is 13.8. The summed E-state index contributed by atoms with van der Waals surface area (Å²) < 4.78 is 0. The van der Waals surface area contributed by atoms with E-state index >= 15 is 0 Å². The molecular weight excluding hydrogens is 266 g/mol. The van der Waals surface area contributed by atoms with Gasteiger partial charge in [-0.3, -0.25) is 15.0 Å². The zero-order chi connectivity index (χ0) is 15.5. The van der Waals surface area contributed by atoms with Crippen molar-refractivity contribution in [3.63, 3.8) is 0 Å². The number of unbranched alkanes of at least 4 members (excludes halogenated alkanes) is 1. The van der Waals surface area contributed by atoms with Crippen molar-refractivity contribution in [3.05, 3.63) is 0 Å². The molecule has 1 saturated heterocycles. The van der Waals surface area contributed by atoms with Crippen molar-refractivity contribution < 1.29 is 9.90 Å². The minimum absolute atomic E-state index is 0.434. The van der Waals surface area contributed by atoms with Gasteiger partial charge in [0.2, 0.25) is 0 Å². The molecule has 0 spiro atoms. The van der Waals surface area contributed by atoms with Gasteiger partial charge in [-0.05, 0) is 59.5 Å². The van der Waals surface area contributed by atoms with Crippen LogP contribution < -0.4 is 5.32 Å². The number of rotatable bonds is 8. The van der Waals surface area contributed by atoms with Crippen molar-refractivity contribution in [3.8, 4) is 0 Å². The number of piperazine rings is 1. The molecule has 5 heteroatoms. The first kappa shape index (κ1) is 16.7. The number of carbonyl (C=O) groups is 1. The van der Waals surface area contributed by atoms with Crippen LogP contribution in [0.15, 0.2) is 0 Å². The van der Waals surface area contributed by atoms with Crippen molar-refractivity contribution in [1.82, 2.24) is 15.1 Å². The standard InChI is InChI=1S/C16H31N3O2/c1-13-12-18(3)10-11-19(13)9-5-4-8-16(2,15(20)21)17-14-6-7-14/h13-14,17H,4-12H2,1-3H3,(H,20,21). The molecule has 2 unspecified atom stereocenters. The highest BCUT2D eigenvalue weighted by Crippen LogP contribution is 2.25. The van der Waals surface area contributed by atoms with Gasteiger partial charge in [-0.2, -0.15) is 0 Å². The summed E-state index contributed by atoms with van der Waals surface area (Å²) in [4.78, 5) is 16.4. The van der Waals surface area contributed by atoms with Gasteiger partial charge >= 0.3 is 5.97 Å². The minimum atomic E-state index is -0.741. The Labute approximate surface area is 128 Å². The Hall–Kier alpha value is -0.650. The van der Waals surface area contributed by atoms with Crippen molar-refractivity contribution in [2.75, 3.05) is 33.2 Å². The van der Waals surface area contributed by atoms with E-state index in [9.17, 15) is 9.90 Å². The molecule has 1 aliphatic carbocycles. The summed E-state index contributed by atoms with van der Waals surface area (Å²) in [5.41, 5.74) is -0.741. The Morgan fingerprint density at radius 2 is 2.05 bits per heavy atom. The van der Waals surface area contributed by atoms with Gasteiger partial charge in [0.1, 0.15) is 5.54 Å². The molecule has 1 aliphatic heterocycles. The van der Waals surface area contributed by atoms with Gasteiger partial charge in [-0.25, -0.2) is 0 Å². The molecule has 0 aromatic carbocycles. The number of likely N-dealkylation sites (N-methyl/N-ethyl adjacent to an activating group) is 1. The maximum absolute atomic E-state index is 11.5. The molecule has 0 amide bonds. The van der Waals surface area contributed by atoms with Crippen LogP contribution in [0.2, 0.25) is 0 Å². The second-order valence-corrected chi connectivity index (χ2v) is 7.16. The number of carboxylic acid groups (broad SMARTS) is 1. The van der Waals surface area contributed by atoms with Crippen molar-refractivity contribution >= 4 is 5.97 Å². The van der Waals surface area contributed by atoms with Crippen LogP contribution in [0.5, 0.6) is 0 Å². The minimum Gasteiger partial charge on any atom is -0.480 e. The number of hydrogen-bond acceptors (Lipinski definition) is 4. The molecular formula is C16H31N3O2. The van der Waals surface area contributed by atoms with E-state index in [1.165, 1.54) is 0 Å². The summed E-state index contributed by atoms with van der Waals surface area (Å²) in [7, 11) is 2.18. The third-order valence-electron chi connectivity index (χ3n) is 4.91. The fraction of sp³-hybridized carbons (Fsp3) is 0.938. The Morgan fingerprint density at radius 3 is 2.62 bits per heavy atom.